The van der Waals surface area contributed by atoms with Gasteiger partial charge < -0.3 is 5.21 Å². The van der Waals surface area contributed by atoms with E-state index in [4.69, 9.17) is 5.21 Å². The number of rotatable bonds is 4. The number of hydroxylamine groups is 1. The summed E-state index contributed by atoms with van der Waals surface area (Å²) in [6.07, 6.45) is 0. The highest BCUT2D eigenvalue weighted by Crippen LogP contribution is 2.28. The molecule has 0 aliphatic rings. The Hall–Kier alpha value is 0.137. The predicted octanol–water partition coefficient (Wildman–Crippen LogP) is 2.33. The van der Waals surface area contributed by atoms with E-state index in [0.29, 0.717) is 12.5 Å². The van der Waals surface area contributed by atoms with Crippen LogP contribution in [-0.4, -0.2) is 19.8 Å². The Kier molecular flexibility index (Phi) is 4.29. The summed E-state index contributed by atoms with van der Waals surface area (Å²) >= 11 is 0. The van der Waals surface area contributed by atoms with Crippen molar-refractivity contribution in [3.63, 3.8) is 0 Å². The molecule has 11 heavy (non-hydrogen) atoms. The predicted molar refractivity (Wildman–Crippen MR) is 51.7 cm³/mol. The smallest absolute Gasteiger partial charge is 0.0474 e. The average molecular weight is 175 g/mol. The number of hydrogen-bond donors (Lipinski definition) is 2. The van der Waals surface area contributed by atoms with Gasteiger partial charge in [-0.3, -0.25) is 0 Å². The minimum absolute atomic E-state index is 0.576. The summed E-state index contributed by atoms with van der Waals surface area (Å²) in [5.41, 5.74) is 2.99. The van der Waals surface area contributed by atoms with Crippen LogP contribution < -0.4 is 5.48 Å². The molecule has 0 fully saturated rings. The van der Waals surface area contributed by atoms with E-state index in [2.05, 4.69) is 39.0 Å². The van der Waals surface area contributed by atoms with Crippen LogP contribution in [0.3, 0.4) is 0 Å². The maximum atomic E-state index is 8.52. The topological polar surface area (TPSA) is 32.3 Å². The molecule has 0 spiro atoms. The van der Waals surface area contributed by atoms with Gasteiger partial charge in [0, 0.05) is 14.6 Å². The first-order valence-corrected chi connectivity index (χ1v) is 7.84. The third-order valence-electron chi connectivity index (χ3n) is 2.63. The Morgan fingerprint density at radius 3 is 2.00 bits per heavy atom. The fraction of sp³-hybridized carbons (Fsp3) is 1.00. The molecule has 0 aliphatic heterocycles. The van der Waals surface area contributed by atoms with Gasteiger partial charge in [0.2, 0.25) is 0 Å². The Morgan fingerprint density at radius 1 is 1.27 bits per heavy atom. The summed E-state index contributed by atoms with van der Waals surface area (Å²) < 4.78 is 0. The van der Waals surface area contributed by atoms with Crippen molar-refractivity contribution in [1.29, 1.82) is 0 Å². The monoisotopic (exact) mass is 175 g/mol. The van der Waals surface area contributed by atoms with Crippen LogP contribution in [0, 0.1) is 5.92 Å². The van der Waals surface area contributed by atoms with Gasteiger partial charge in [-0.25, -0.2) is 5.48 Å². The number of nitrogens with one attached hydrogen (secondary N) is 1. The molecule has 0 aliphatic carbocycles. The van der Waals surface area contributed by atoms with Crippen molar-refractivity contribution in [1.82, 2.24) is 5.48 Å². The summed E-state index contributed by atoms with van der Waals surface area (Å²) in [6.45, 7) is 12.3. The zero-order valence-corrected chi connectivity index (χ0v) is 9.31. The lowest BCUT2D eigenvalue weighted by atomic mass is 10.1. The highest BCUT2D eigenvalue weighted by Gasteiger charge is 2.26. The van der Waals surface area contributed by atoms with Crippen LogP contribution in [0.4, 0.5) is 0 Å². The molecular formula is C8H21NOSi. The number of hydrogen-bond acceptors (Lipinski definition) is 2. The first-order valence-electron chi connectivity index (χ1n) is 4.26. The van der Waals surface area contributed by atoms with Gasteiger partial charge in [-0.05, 0) is 11.5 Å². The van der Waals surface area contributed by atoms with Crippen molar-refractivity contribution in [2.75, 3.05) is 6.54 Å². The summed E-state index contributed by atoms with van der Waals surface area (Å²) in [5.74, 6) is 0.576. The van der Waals surface area contributed by atoms with Crippen molar-refractivity contribution in [3.8, 4) is 0 Å². The molecule has 0 saturated carbocycles. The summed E-state index contributed by atoms with van der Waals surface area (Å²) in [6, 6.07) is 0. The maximum Gasteiger partial charge on any atom is 0.0474 e. The van der Waals surface area contributed by atoms with Crippen molar-refractivity contribution in [2.24, 2.45) is 5.92 Å². The first-order chi connectivity index (χ1) is 4.89. The Bertz CT molecular complexity index is 111. The quantitative estimate of drug-likeness (QED) is 0.508. The van der Waals surface area contributed by atoms with Crippen molar-refractivity contribution in [2.45, 2.75) is 39.0 Å². The third kappa shape index (κ3) is 3.89. The van der Waals surface area contributed by atoms with Gasteiger partial charge in [0.05, 0.1) is 0 Å². The molecule has 2 N–H and O–H groups in total. The highest BCUT2D eigenvalue weighted by atomic mass is 28.3. The minimum atomic E-state index is -1.01. The van der Waals surface area contributed by atoms with Crippen molar-refractivity contribution in [3.05, 3.63) is 0 Å². The van der Waals surface area contributed by atoms with Gasteiger partial charge in [-0.15, -0.1) is 0 Å². The molecule has 0 heterocycles. The summed E-state index contributed by atoms with van der Waals surface area (Å²) in [7, 11) is -1.01. The Labute approximate surface area is 71.0 Å². The molecule has 0 amide bonds. The molecule has 0 aromatic carbocycles. The van der Waals surface area contributed by atoms with Gasteiger partial charge in [0.1, 0.15) is 0 Å². The maximum absolute atomic E-state index is 8.52. The molecule has 3 heteroatoms. The second kappa shape index (κ2) is 4.23. The Morgan fingerprint density at radius 2 is 1.73 bits per heavy atom. The van der Waals surface area contributed by atoms with E-state index in [0.717, 1.165) is 5.54 Å². The molecule has 0 bridgehead atoms. The molecule has 1 unspecified atom stereocenters. The minimum Gasteiger partial charge on any atom is -0.317 e. The van der Waals surface area contributed by atoms with E-state index in [1.807, 2.05) is 0 Å². The van der Waals surface area contributed by atoms with Crippen LogP contribution in [0.1, 0.15) is 13.8 Å². The second-order valence-corrected chi connectivity index (χ2v) is 10.1. The summed E-state index contributed by atoms with van der Waals surface area (Å²) in [5, 5.41) is 8.52. The zero-order chi connectivity index (χ0) is 9.07. The highest BCUT2D eigenvalue weighted by molar-refractivity contribution is 6.77. The summed E-state index contributed by atoms with van der Waals surface area (Å²) in [4.78, 5) is 0. The van der Waals surface area contributed by atoms with Crippen LogP contribution in [0.25, 0.3) is 0 Å². The lowest BCUT2D eigenvalue weighted by Gasteiger charge is -2.30. The van der Waals surface area contributed by atoms with E-state index in [1.54, 1.807) is 0 Å². The van der Waals surface area contributed by atoms with Gasteiger partial charge in [-0.2, -0.15) is 0 Å². The van der Waals surface area contributed by atoms with E-state index >= 15 is 0 Å². The van der Waals surface area contributed by atoms with Crippen LogP contribution in [0.2, 0.25) is 25.2 Å². The normalized spacial score (nSPS) is 18.0. The fourth-order valence-electron chi connectivity index (χ4n) is 1.17. The molecular weight excluding hydrogens is 154 g/mol. The molecule has 0 aromatic heterocycles. The van der Waals surface area contributed by atoms with Gasteiger partial charge in [0.15, 0.2) is 0 Å². The van der Waals surface area contributed by atoms with Gasteiger partial charge in [-0.1, -0.05) is 33.5 Å². The standard InChI is InChI=1S/C8H21NOSi/c1-7(6-9-10)8(2)11(3,4)5/h7-10H,6H2,1-5H3/t7-,8?/m1/s1. The van der Waals surface area contributed by atoms with E-state index in [1.165, 1.54) is 0 Å². The Balaban J connectivity index is 3.91. The van der Waals surface area contributed by atoms with Crippen LogP contribution >= 0.6 is 0 Å². The first kappa shape index (κ1) is 11.1. The van der Waals surface area contributed by atoms with Crippen LogP contribution in [0.5, 0.6) is 0 Å². The fourth-order valence-corrected chi connectivity index (χ4v) is 3.00. The molecule has 0 rings (SSSR count). The molecule has 2 atom stereocenters. The van der Waals surface area contributed by atoms with E-state index < -0.39 is 8.07 Å². The van der Waals surface area contributed by atoms with Crippen LogP contribution in [-0.2, 0) is 0 Å². The molecule has 2 nitrogen and oxygen atoms in total. The van der Waals surface area contributed by atoms with Gasteiger partial charge >= 0.3 is 0 Å². The SMILES string of the molecule is CC([C@H](C)CNO)[Si](C)(C)C. The molecule has 0 aromatic rings. The zero-order valence-electron chi connectivity index (χ0n) is 8.31. The lowest BCUT2D eigenvalue weighted by Crippen LogP contribution is -2.34. The largest absolute Gasteiger partial charge is 0.317 e. The molecule has 68 valence electrons. The molecule has 0 radical (unpaired) electrons. The third-order valence-corrected chi connectivity index (χ3v) is 5.93. The van der Waals surface area contributed by atoms with E-state index in [9.17, 15) is 0 Å². The van der Waals surface area contributed by atoms with Crippen molar-refractivity contribution < 1.29 is 5.21 Å². The van der Waals surface area contributed by atoms with Crippen LogP contribution in [0.15, 0.2) is 0 Å². The van der Waals surface area contributed by atoms with Crippen molar-refractivity contribution >= 4 is 8.07 Å². The van der Waals surface area contributed by atoms with E-state index in [-0.39, 0.29) is 0 Å². The second-order valence-electron chi connectivity index (χ2n) is 4.49. The lowest BCUT2D eigenvalue weighted by molar-refractivity contribution is 0.150. The average Bonchev–Trinajstić information content (AvgIpc) is 1.85. The molecule has 0 saturated heterocycles. The van der Waals surface area contributed by atoms with Gasteiger partial charge in [0.25, 0.3) is 0 Å².